The largest absolute Gasteiger partial charge is 0.497 e. The molecular weight excluding hydrogens is 378 g/mol. The van der Waals surface area contributed by atoms with Crippen molar-refractivity contribution in [2.75, 3.05) is 13.7 Å². The summed E-state index contributed by atoms with van der Waals surface area (Å²) in [4.78, 5) is 28.7. The van der Waals surface area contributed by atoms with E-state index in [1.807, 2.05) is 29.8 Å². The normalized spacial score (nSPS) is 10.8. The number of rotatable bonds is 8. The van der Waals surface area contributed by atoms with E-state index in [0.29, 0.717) is 23.6 Å². The molecule has 1 amide bonds. The number of hydrogen-bond donors (Lipinski definition) is 1. The minimum Gasteiger partial charge on any atom is -0.497 e. The second-order valence-corrected chi connectivity index (χ2v) is 6.91. The van der Waals surface area contributed by atoms with Crippen molar-refractivity contribution in [2.24, 2.45) is 7.05 Å². The number of aryl methyl sites for hydroxylation is 1. The number of benzene rings is 2. The van der Waals surface area contributed by atoms with E-state index in [2.05, 4.69) is 10.3 Å². The zero-order valence-electron chi connectivity index (χ0n) is 15.9. The number of imidazole rings is 1. The van der Waals surface area contributed by atoms with Crippen LogP contribution in [0.3, 0.4) is 0 Å². The maximum atomic E-state index is 12.1. The van der Waals surface area contributed by atoms with Crippen LogP contribution in [0.5, 0.6) is 5.75 Å². The number of carbonyl (C=O) groups is 2. The summed E-state index contributed by atoms with van der Waals surface area (Å²) in [6, 6.07) is 12.4. The number of methoxy groups -OCH3 is 1. The van der Waals surface area contributed by atoms with E-state index in [0.717, 1.165) is 22.6 Å². The smallest absolute Gasteiger partial charge is 0.220 e. The first kappa shape index (κ1) is 19.9. The Morgan fingerprint density at radius 2 is 1.89 bits per heavy atom. The third kappa shape index (κ3) is 4.70. The van der Waals surface area contributed by atoms with E-state index in [1.54, 1.807) is 31.4 Å². The van der Waals surface area contributed by atoms with Gasteiger partial charge in [-0.3, -0.25) is 9.59 Å². The number of Topliss-reactive ketones (excluding diaryl/α,β-unsaturated/α-hetero) is 1. The summed E-state index contributed by atoms with van der Waals surface area (Å²) >= 11 is 5.82. The molecule has 2 aromatic carbocycles. The van der Waals surface area contributed by atoms with Gasteiger partial charge in [-0.05, 0) is 36.4 Å². The average Bonchev–Trinajstić information content (AvgIpc) is 3.01. The maximum absolute atomic E-state index is 12.1. The number of ketones is 1. The van der Waals surface area contributed by atoms with Crippen LogP contribution in [-0.2, 0) is 18.3 Å². The Kier molecular flexibility index (Phi) is 6.31. The minimum absolute atomic E-state index is 0.0730. The summed E-state index contributed by atoms with van der Waals surface area (Å²) in [7, 11) is 3.57. The molecule has 6 nitrogen and oxygen atoms in total. The van der Waals surface area contributed by atoms with Crippen LogP contribution in [0.15, 0.2) is 42.5 Å². The lowest BCUT2D eigenvalue weighted by molar-refractivity contribution is -0.121. The molecule has 0 fully saturated rings. The molecule has 7 heteroatoms. The first-order valence-electron chi connectivity index (χ1n) is 9.02. The molecule has 3 aromatic rings. The van der Waals surface area contributed by atoms with Gasteiger partial charge < -0.3 is 14.6 Å². The number of hydrogen-bond acceptors (Lipinski definition) is 4. The third-order valence-electron chi connectivity index (χ3n) is 4.60. The fourth-order valence-corrected chi connectivity index (χ4v) is 3.12. The minimum atomic E-state index is -0.150. The van der Waals surface area contributed by atoms with Crippen LogP contribution in [-0.4, -0.2) is 34.9 Å². The van der Waals surface area contributed by atoms with Crippen LogP contribution < -0.4 is 10.1 Å². The second-order valence-electron chi connectivity index (χ2n) is 6.47. The van der Waals surface area contributed by atoms with Crippen molar-refractivity contribution in [2.45, 2.75) is 19.3 Å². The number of carbonyl (C=O) groups excluding carboxylic acids is 2. The predicted octanol–water partition coefficient (Wildman–Crippen LogP) is 3.56. The van der Waals surface area contributed by atoms with Gasteiger partial charge in [-0.2, -0.15) is 0 Å². The molecule has 0 aliphatic rings. The topological polar surface area (TPSA) is 73.2 Å². The van der Waals surface area contributed by atoms with Crippen LogP contribution >= 0.6 is 11.6 Å². The van der Waals surface area contributed by atoms with Crippen molar-refractivity contribution in [3.05, 3.63) is 58.9 Å². The molecule has 0 atom stereocenters. The standard InChI is InChI=1S/C21H22ClN3O3/c1-25-18-8-7-16(28-2)13-17(18)24-20(25)11-12-23-21(27)10-9-19(26)14-3-5-15(22)6-4-14/h3-8,13H,9-12H2,1-2H3,(H,23,27). The van der Waals surface area contributed by atoms with Crippen molar-refractivity contribution < 1.29 is 14.3 Å². The fraction of sp³-hybridized carbons (Fsp3) is 0.286. The van der Waals surface area contributed by atoms with Gasteiger partial charge in [0.2, 0.25) is 5.91 Å². The molecule has 1 heterocycles. The Bertz CT molecular complexity index is 996. The van der Waals surface area contributed by atoms with Crippen LogP contribution in [0.2, 0.25) is 5.02 Å². The summed E-state index contributed by atoms with van der Waals surface area (Å²) < 4.78 is 7.23. The van der Waals surface area contributed by atoms with E-state index in [-0.39, 0.29) is 24.5 Å². The SMILES string of the molecule is COc1ccc2c(c1)nc(CCNC(=O)CCC(=O)c1ccc(Cl)cc1)n2C. The lowest BCUT2D eigenvalue weighted by Crippen LogP contribution is -2.26. The highest BCUT2D eigenvalue weighted by Gasteiger charge is 2.11. The molecule has 0 aliphatic heterocycles. The molecule has 0 saturated carbocycles. The van der Waals surface area contributed by atoms with Crippen LogP contribution in [0, 0.1) is 0 Å². The number of halogens is 1. The fourth-order valence-electron chi connectivity index (χ4n) is 2.99. The molecule has 1 N–H and O–H groups in total. The quantitative estimate of drug-likeness (QED) is 0.588. The molecule has 3 rings (SSSR count). The second kappa shape index (κ2) is 8.89. The highest BCUT2D eigenvalue weighted by Crippen LogP contribution is 2.21. The molecule has 0 spiro atoms. The monoisotopic (exact) mass is 399 g/mol. The number of fused-ring (bicyclic) bond motifs is 1. The van der Waals surface area contributed by atoms with Gasteiger partial charge in [0.05, 0.1) is 18.1 Å². The van der Waals surface area contributed by atoms with Crippen molar-refractivity contribution in [3.63, 3.8) is 0 Å². The summed E-state index contributed by atoms with van der Waals surface area (Å²) in [5, 5.41) is 3.43. The van der Waals surface area contributed by atoms with Gasteiger partial charge in [0.15, 0.2) is 5.78 Å². The van der Waals surface area contributed by atoms with Crippen molar-refractivity contribution >= 4 is 34.3 Å². The third-order valence-corrected chi connectivity index (χ3v) is 4.85. The summed E-state index contributed by atoms with van der Waals surface area (Å²) in [6.07, 6.45) is 0.922. The van der Waals surface area contributed by atoms with Gasteiger partial charge in [0.1, 0.15) is 11.6 Å². The number of aromatic nitrogens is 2. The Morgan fingerprint density at radius 3 is 2.61 bits per heavy atom. The van der Waals surface area contributed by atoms with Crippen LogP contribution in [0.1, 0.15) is 29.0 Å². The molecule has 0 unspecified atom stereocenters. The van der Waals surface area contributed by atoms with E-state index in [1.165, 1.54) is 0 Å². The molecule has 0 aliphatic carbocycles. The Balaban J connectivity index is 1.48. The number of amides is 1. The molecule has 0 bridgehead atoms. The Morgan fingerprint density at radius 1 is 1.14 bits per heavy atom. The lowest BCUT2D eigenvalue weighted by Gasteiger charge is -2.06. The highest BCUT2D eigenvalue weighted by atomic mass is 35.5. The lowest BCUT2D eigenvalue weighted by atomic mass is 10.1. The van der Waals surface area contributed by atoms with Crippen LogP contribution in [0.4, 0.5) is 0 Å². The van der Waals surface area contributed by atoms with Crippen molar-refractivity contribution in [1.82, 2.24) is 14.9 Å². The molecular formula is C21H22ClN3O3. The van der Waals surface area contributed by atoms with Gasteiger partial charge in [-0.25, -0.2) is 4.98 Å². The number of ether oxygens (including phenoxy) is 1. The highest BCUT2D eigenvalue weighted by molar-refractivity contribution is 6.30. The van der Waals surface area contributed by atoms with Crippen molar-refractivity contribution in [1.29, 1.82) is 0 Å². The van der Waals surface area contributed by atoms with Crippen LogP contribution in [0.25, 0.3) is 11.0 Å². The molecule has 0 radical (unpaired) electrons. The Hall–Kier alpha value is -2.86. The Labute approximate surface area is 168 Å². The van der Waals surface area contributed by atoms with Gasteiger partial charge in [-0.1, -0.05) is 11.6 Å². The van der Waals surface area contributed by atoms with E-state index >= 15 is 0 Å². The van der Waals surface area contributed by atoms with E-state index in [4.69, 9.17) is 16.3 Å². The number of nitrogens with one attached hydrogen (secondary N) is 1. The van der Waals surface area contributed by atoms with Crippen molar-refractivity contribution in [3.8, 4) is 5.75 Å². The number of nitrogens with zero attached hydrogens (tertiary/aromatic N) is 2. The summed E-state index contributed by atoms with van der Waals surface area (Å²) in [5.74, 6) is 1.41. The predicted molar refractivity (Wildman–Crippen MR) is 109 cm³/mol. The summed E-state index contributed by atoms with van der Waals surface area (Å²) in [6.45, 7) is 0.461. The average molecular weight is 400 g/mol. The van der Waals surface area contributed by atoms with Gasteiger partial charge >= 0.3 is 0 Å². The zero-order valence-corrected chi connectivity index (χ0v) is 16.6. The zero-order chi connectivity index (χ0) is 20.1. The first-order valence-corrected chi connectivity index (χ1v) is 9.40. The molecule has 28 heavy (non-hydrogen) atoms. The van der Waals surface area contributed by atoms with Gasteiger partial charge in [0.25, 0.3) is 0 Å². The first-order chi connectivity index (χ1) is 13.5. The molecule has 1 aromatic heterocycles. The van der Waals surface area contributed by atoms with Gasteiger partial charge in [-0.15, -0.1) is 0 Å². The van der Waals surface area contributed by atoms with E-state index in [9.17, 15) is 9.59 Å². The van der Waals surface area contributed by atoms with Gasteiger partial charge in [0, 0.05) is 49.5 Å². The molecule has 146 valence electrons. The maximum Gasteiger partial charge on any atom is 0.220 e. The molecule has 0 saturated heterocycles. The summed E-state index contributed by atoms with van der Waals surface area (Å²) in [5.41, 5.74) is 2.43. The van der Waals surface area contributed by atoms with E-state index < -0.39 is 0 Å².